The molecular formula is C35H34ClF6N5O5. The maximum absolute atomic E-state index is 13.1. The number of nitrogens with zero attached hydrogens (tertiary/aromatic N) is 5. The van der Waals surface area contributed by atoms with E-state index in [1.807, 2.05) is 6.92 Å². The van der Waals surface area contributed by atoms with Gasteiger partial charge < -0.3 is 19.1 Å². The van der Waals surface area contributed by atoms with Gasteiger partial charge in [-0.05, 0) is 49.2 Å². The van der Waals surface area contributed by atoms with Crippen LogP contribution in [0, 0.1) is 0 Å². The predicted molar refractivity (Wildman–Crippen MR) is 183 cm³/mol. The molecule has 4 aromatic rings. The van der Waals surface area contributed by atoms with Crippen molar-refractivity contribution in [3.8, 4) is 0 Å². The van der Waals surface area contributed by atoms with Crippen LogP contribution in [0.15, 0.2) is 101 Å². The highest BCUT2D eigenvalue weighted by Crippen LogP contribution is 2.38. The summed E-state index contributed by atoms with van der Waals surface area (Å²) in [5.41, 5.74) is -0.385. The zero-order valence-corrected chi connectivity index (χ0v) is 29.1. The molecule has 17 heteroatoms. The van der Waals surface area contributed by atoms with Crippen molar-refractivity contribution in [1.82, 2.24) is 9.55 Å². The topological polar surface area (TPSA) is 109 Å². The zero-order chi connectivity index (χ0) is 38.3. The van der Waals surface area contributed by atoms with E-state index in [9.17, 15) is 31.1 Å². The Morgan fingerprint density at radius 1 is 0.942 bits per heavy atom. The Balaban J connectivity index is 0.000000288. The van der Waals surface area contributed by atoms with E-state index in [2.05, 4.69) is 20.3 Å². The summed E-state index contributed by atoms with van der Waals surface area (Å²) >= 11 is 5.67. The Morgan fingerprint density at radius 2 is 1.69 bits per heavy atom. The van der Waals surface area contributed by atoms with Crippen molar-refractivity contribution in [2.75, 3.05) is 27.4 Å². The number of ether oxygens (including phenoxy) is 2. The summed E-state index contributed by atoms with van der Waals surface area (Å²) in [4.78, 5) is 29.9. The molecule has 0 atom stereocenters. The Kier molecular flexibility index (Phi) is 15.4. The first-order valence-corrected chi connectivity index (χ1v) is 15.7. The molecule has 10 nitrogen and oxygen atoms in total. The number of hydrogen-bond donors (Lipinski definition) is 0. The summed E-state index contributed by atoms with van der Waals surface area (Å²) in [6.07, 6.45) is -3.63. The average molecular weight is 754 g/mol. The Hall–Kier alpha value is -5.22. The first kappa shape index (κ1) is 41.2. The van der Waals surface area contributed by atoms with E-state index < -0.39 is 29.4 Å². The highest BCUT2D eigenvalue weighted by atomic mass is 35.5. The predicted octanol–water partition coefficient (Wildman–Crippen LogP) is 8.73. The number of aliphatic imine (C=N–C) groups is 1. The lowest BCUT2D eigenvalue weighted by Crippen LogP contribution is -2.19. The molecule has 0 spiro atoms. The lowest BCUT2D eigenvalue weighted by atomic mass is 10.0. The van der Waals surface area contributed by atoms with Gasteiger partial charge in [0.2, 0.25) is 0 Å². The second-order valence-electron chi connectivity index (χ2n) is 10.5. The molecule has 0 saturated heterocycles. The van der Waals surface area contributed by atoms with Crippen LogP contribution in [0.25, 0.3) is 0 Å². The molecule has 0 amide bonds. The number of esters is 1. The highest BCUT2D eigenvalue weighted by Gasteiger charge is 2.34. The third-order valence-corrected chi connectivity index (χ3v) is 6.99. The minimum atomic E-state index is -4.55. The van der Waals surface area contributed by atoms with Gasteiger partial charge in [-0.1, -0.05) is 65.2 Å². The van der Waals surface area contributed by atoms with E-state index in [1.54, 1.807) is 30.5 Å². The number of halogens is 7. The summed E-state index contributed by atoms with van der Waals surface area (Å²) in [5, 5.41) is 7.58. The largest absolute Gasteiger partial charge is 0.464 e. The summed E-state index contributed by atoms with van der Waals surface area (Å²) in [5.74, 6) is -0.383. The standard InChI is InChI=1S/C20H19F3N2O4.C15H15ClF3N3O/c1-13(14-8-6-9-16(11-14)20(21,22)23)24-29-12-15-7-4-5-10-17(15)18(25-28-3)19(26)27-2;1-2-7-23-9-14(22-6-5-20-10-22)21-13-4-3-11(16)8-12(13)15(17,18)19/h4-11H,12H2,1-3H3;3-6,8,10H,2,7,9H2,1H3/b24-13+,25-18+;. The fourth-order valence-corrected chi connectivity index (χ4v) is 4.46. The van der Waals surface area contributed by atoms with Crippen molar-refractivity contribution >= 4 is 40.5 Å². The van der Waals surface area contributed by atoms with Crippen LogP contribution in [0.3, 0.4) is 0 Å². The number of rotatable bonds is 12. The smallest absolute Gasteiger partial charge is 0.418 e. The first-order chi connectivity index (χ1) is 24.7. The number of hydrogen-bond acceptors (Lipinski definition) is 9. The van der Waals surface area contributed by atoms with E-state index in [-0.39, 0.29) is 40.9 Å². The number of methoxy groups -OCH3 is 1. The monoisotopic (exact) mass is 753 g/mol. The fourth-order valence-electron chi connectivity index (χ4n) is 4.29. The molecular weight excluding hydrogens is 720 g/mol. The van der Waals surface area contributed by atoms with Gasteiger partial charge in [-0.2, -0.15) is 26.3 Å². The number of alkyl halides is 6. The summed E-state index contributed by atoms with van der Waals surface area (Å²) in [7, 11) is 2.51. The van der Waals surface area contributed by atoms with Gasteiger partial charge in [0.05, 0.1) is 29.6 Å². The van der Waals surface area contributed by atoms with Crippen LogP contribution in [0.1, 0.15) is 48.1 Å². The van der Waals surface area contributed by atoms with Crippen molar-refractivity contribution in [2.45, 2.75) is 39.2 Å². The summed E-state index contributed by atoms with van der Waals surface area (Å²) in [6.45, 7) is 3.99. The molecule has 1 heterocycles. The van der Waals surface area contributed by atoms with E-state index in [1.165, 1.54) is 62.5 Å². The van der Waals surface area contributed by atoms with Crippen molar-refractivity contribution in [1.29, 1.82) is 0 Å². The SMILES string of the molecule is CCCOCC(=Nc1ccc(Cl)cc1C(F)(F)F)n1ccnc1.CO/N=C(/C(=O)OC)c1ccccc1CO/N=C(\C)c1cccc(C(F)(F)F)c1. The van der Waals surface area contributed by atoms with Crippen LogP contribution in [0.5, 0.6) is 0 Å². The van der Waals surface area contributed by atoms with Gasteiger partial charge in [0.1, 0.15) is 32.5 Å². The lowest BCUT2D eigenvalue weighted by molar-refractivity contribution is -0.138. The molecule has 0 bridgehead atoms. The van der Waals surface area contributed by atoms with Crippen molar-refractivity contribution < 1.29 is 50.3 Å². The van der Waals surface area contributed by atoms with Crippen LogP contribution in [-0.4, -0.2) is 60.2 Å². The molecule has 3 aromatic carbocycles. The molecule has 4 rings (SSSR count). The molecule has 0 radical (unpaired) electrons. The molecule has 1 aromatic heterocycles. The van der Waals surface area contributed by atoms with Gasteiger partial charge in [0.15, 0.2) is 5.71 Å². The maximum atomic E-state index is 13.1. The van der Waals surface area contributed by atoms with Crippen LogP contribution in [0.2, 0.25) is 5.02 Å². The molecule has 0 aliphatic rings. The second kappa shape index (κ2) is 19.4. The van der Waals surface area contributed by atoms with Gasteiger partial charge >= 0.3 is 18.3 Å². The van der Waals surface area contributed by atoms with Crippen LogP contribution in [0.4, 0.5) is 32.0 Å². The molecule has 0 saturated carbocycles. The minimum Gasteiger partial charge on any atom is -0.464 e. The normalized spacial score (nSPS) is 12.6. The number of carbonyl (C=O) groups excluding carboxylic acids is 1. The zero-order valence-electron chi connectivity index (χ0n) is 28.3. The summed E-state index contributed by atoms with van der Waals surface area (Å²) < 4.78 is 89.6. The van der Waals surface area contributed by atoms with Crippen molar-refractivity contribution in [3.63, 3.8) is 0 Å². The van der Waals surface area contributed by atoms with Gasteiger partial charge in [-0.15, -0.1) is 0 Å². The van der Waals surface area contributed by atoms with Crippen LogP contribution < -0.4 is 0 Å². The third-order valence-electron chi connectivity index (χ3n) is 6.76. The van der Waals surface area contributed by atoms with E-state index >= 15 is 0 Å². The maximum Gasteiger partial charge on any atom is 0.418 e. The van der Waals surface area contributed by atoms with Crippen molar-refractivity contribution in [3.05, 3.63) is 118 Å². The number of aromatic nitrogens is 2. The van der Waals surface area contributed by atoms with Crippen molar-refractivity contribution in [2.24, 2.45) is 15.3 Å². The molecule has 0 N–H and O–H groups in total. The van der Waals surface area contributed by atoms with Gasteiger partial charge in [-0.3, -0.25) is 4.57 Å². The molecule has 278 valence electrons. The molecule has 0 aliphatic carbocycles. The Labute approximate surface area is 300 Å². The number of imidazole rings is 1. The van der Waals surface area contributed by atoms with Crippen LogP contribution >= 0.6 is 11.6 Å². The Morgan fingerprint density at radius 3 is 2.33 bits per heavy atom. The van der Waals surface area contributed by atoms with E-state index in [4.69, 9.17) is 30.7 Å². The first-order valence-electron chi connectivity index (χ1n) is 15.3. The lowest BCUT2D eigenvalue weighted by Gasteiger charge is -2.13. The molecule has 0 unspecified atom stereocenters. The Bertz CT molecular complexity index is 1860. The number of carbonyl (C=O) groups is 1. The minimum absolute atomic E-state index is 0.00249. The fraction of sp³-hybridized carbons (Fsp3) is 0.286. The number of benzene rings is 3. The average Bonchev–Trinajstić information content (AvgIpc) is 3.66. The van der Waals surface area contributed by atoms with E-state index in [0.717, 1.165) is 24.6 Å². The quantitative estimate of drug-likeness (QED) is 0.0358. The third kappa shape index (κ3) is 12.2. The molecule has 0 aliphatic heterocycles. The molecule has 52 heavy (non-hydrogen) atoms. The second-order valence-corrected chi connectivity index (χ2v) is 10.9. The van der Waals surface area contributed by atoms with Gasteiger partial charge in [0.25, 0.3) is 0 Å². The molecule has 0 fully saturated rings. The summed E-state index contributed by atoms with van der Waals surface area (Å²) in [6, 6.07) is 15.0. The number of oxime groups is 2. The van der Waals surface area contributed by atoms with Gasteiger partial charge in [-0.25, -0.2) is 14.8 Å². The van der Waals surface area contributed by atoms with Gasteiger partial charge in [0, 0.05) is 35.2 Å². The highest BCUT2D eigenvalue weighted by molar-refractivity contribution is 6.43. The van der Waals surface area contributed by atoms with Crippen LogP contribution in [-0.2, 0) is 42.9 Å². The van der Waals surface area contributed by atoms with E-state index in [0.29, 0.717) is 23.6 Å².